The normalized spacial score (nSPS) is 10.4. The van der Waals surface area contributed by atoms with Gasteiger partial charge in [0.25, 0.3) is 0 Å². The molecule has 1 heterocycles. The average Bonchev–Trinajstić information content (AvgIpc) is 2.25. The lowest BCUT2D eigenvalue weighted by atomic mass is 10.1. The molecule has 0 atom stereocenters. The van der Waals surface area contributed by atoms with Gasteiger partial charge in [0.15, 0.2) is 0 Å². The minimum atomic E-state index is 0.850. The molecule has 2 aromatic rings. The number of rotatable bonds is 2. The average molecular weight is 291 g/mol. The Bertz CT molecular complexity index is 500. The quantitative estimate of drug-likeness (QED) is 0.880. The number of hydrogen-bond acceptors (Lipinski definition) is 2. The topological polar surface area (TPSA) is 24.9 Å². The van der Waals surface area contributed by atoms with Crippen LogP contribution in [0.3, 0.4) is 0 Å². The van der Waals surface area contributed by atoms with Crippen molar-refractivity contribution >= 4 is 27.4 Å². The van der Waals surface area contributed by atoms with E-state index in [4.69, 9.17) is 0 Å². The third kappa shape index (κ3) is 2.86. The number of pyridine rings is 1. The summed E-state index contributed by atoms with van der Waals surface area (Å²) in [5, 5.41) is 3.34. The number of hydrogen-bond donors (Lipinski definition) is 1. The van der Waals surface area contributed by atoms with Crippen LogP contribution in [-0.4, -0.2) is 4.98 Å². The van der Waals surface area contributed by atoms with Crippen LogP contribution in [0, 0.1) is 20.8 Å². The van der Waals surface area contributed by atoms with Gasteiger partial charge in [-0.1, -0.05) is 17.7 Å². The van der Waals surface area contributed by atoms with Crippen molar-refractivity contribution in [1.29, 1.82) is 0 Å². The third-order valence-corrected chi connectivity index (χ3v) is 3.22. The van der Waals surface area contributed by atoms with E-state index in [2.05, 4.69) is 64.3 Å². The van der Waals surface area contributed by atoms with E-state index in [-0.39, 0.29) is 0 Å². The molecule has 1 aromatic carbocycles. The summed E-state index contributed by atoms with van der Waals surface area (Å²) in [6.45, 7) is 6.22. The molecule has 0 aliphatic heterocycles. The van der Waals surface area contributed by atoms with Gasteiger partial charge in [-0.3, -0.25) is 0 Å². The van der Waals surface area contributed by atoms with E-state index in [1.165, 1.54) is 11.1 Å². The first-order valence-corrected chi connectivity index (χ1v) is 6.32. The zero-order valence-electron chi connectivity index (χ0n) is 10.2. The maximum atomic E-state index is 4.38. The summed E-state index contributed by atoms with van der Waals surface area (Å²) >= 11 is 3.52. The molecule has 0 amide bonds. The molecule has 0 radical (unpaired) electrons. The lowest BCUT2D eigenvalue weighted by Gasteiger charge is -2.11. The fourth-order valence-corrected chi connectivity index (χ4v) is 2.27. The Labute approximate surface area is 110 Å². The molecule has 0 fully saturated rings. The molecule has 0 saturated carbocycles. The van der Waals surface area contributed by atoms with Gasteiger partial charge in [0, 0.05) is 11.9 Å². The van der Waals surface area contributed by atoms with E-state index < -0.39 is 0 Å². The van der Waals surface area contributed by atoms with E-state index in [0.717, 1.165) is 21.5 Å². The van der Waals surface area contributed by atoms with Gasteiger partial charge >= 0.3 is 0 Å². The second-order valence-corrected chi connectivity index (χ2v) is 5.14. The predicted octanol–water partition coefficient (Wildman–Crippen LogP) is 4.51. The zero-order valence-corrected chi connectivity index (χ0v) is 11.8. The van der Waals surface area contributed by atoms with Crippen molar-refractivity contribution in [2.24, 2.45) is 0 Å². The summed E-state index contributed by atoms with van der Waals surface area (Å²) in [5.41, 5.74) is 4.72. The van der Waals surface area contributed by atoms with Crippen molar-refractivity contribution < 1.29 is 0 Å². The minimum Gasteiger partial charge on any atom is -0.339 e. The maximum absolute atomic E-state index is 4.38. The summed E-state index contributed by atoms with van der Waals surface area (Å²) in [5.74, 6) is 0.850. The SMILES string of the molecule is Cc1ccc(Nc2ncc(C)cc2Br)c(C)c1. The Morgan fingerprint density at radius 2 is 1.82 bits per heavy atom. The van der Waals surface area contributed by atoms with Gasteiger partial charge in [-0.15, -0.1) is 0 Å². The standard InChI is InChI=1S/C14H15BrN2/c1-9-4-5-13(11(3)6-9)17-14-12(15)7-10(2)8-16-14/h4-8H,1-3H3,(H,16,17). The molecule has 17 heavy (non-hydrogen) atoms. The summed E-state index contributed by atoms with van der Waals surface area (Å²) in [7, 11) is 0. The van der Waals surface area contributed by atoms with Crippen molar-refractivity contribution in [3.63, 3.8) is 0 Å². The largest absolute Gasteiger partial charge is 0.339 e. The van der Waals surface area contributed by atoms with Crippen molar-refractivity contribution in [1.82, 2.24) is 4.98 Å². The number of halogens is 1. The van der Waals surface area contributed by atoms with Crippen LogP contribution in [-0.2, 0) is 0 Å². The Morgan fingerprint density at radius 1 is 1.06 bits per heavy atom. The number of nitrogens with one attached hydrogen (secondary N) is 1. The summed E-state index contributed by atoms with van der Waals surface area (Å²) in [6, 6.07) is 8.39. The van der Waals surface area contributed by atoms with E-state index >= 15 is 0 Å². The highest BCUT2D eigenvalue weighted by atomic mass is 79.9. The Balaban J connectivity index is 2.31. The highest BCUT2D eigenvalue weighted by Gasteiger charge is 2.04. The number of benzene rings is 1. The van der Waals surface area contributed by atoms with Crippen molar-refractivity contribution in [2.75, 3.05) is 5.32 Å². The zero-order chi connectivity index (χ0) is 12.4. The fraction of sp³-hybridized carbons (Fsp3) is 0.214. The van der Waals surface area contributed by atoms with Gasteiger partial charge in [-0.05, 0) is 60.0 Å². The summed E-state index contributed by atoms with van der Waals surface area (Å²) < 4.78 is 0.984. The van der Waals surface area contributed by atoms with E-state index in [1.807, 2.05) is 13.1 Å². The van der Waals surface area contributed by atoms with Crippen LogP contribution in [0.5, 0.6) is 0 Å². The number of anilines is 2. The maximum Gasteiger partial charge on any atom is 0.144 e. The van der Waals surface area contributed by atoms with Gasteiger partial charge < -0.3 is 5.32 Å². The van der Waals surface area contributed by atoms with Crippen molar-refractivity contribution in [2.45, 2.75) is 20.8 Å². The Morgan fingerprint density at radius 3 is 2.47 bits per heavy atom. The first-order chi connectivity index (χ1) is 8.06. The number of aromatic nitrogens is 1. The second-order valence-electron chi connectivity index (χ2n) is 4.29. The molecular weight excluding hydrogens is 276 g/mol. The molecule has 0 aliphatic rings. The first-order valence-electron chi connectivity index (χ1n) is 5.52. The molecule has 0 saturated heterocycles. The van der Waals surface area contributed by atoms with E-state index in [9.17, 15) is 0 Å². The highest BCUT2D eigenvalue weighted by Crippen LogP contribution is 2.26. The molecule has 0 bridgehead atoms. The second kappa shape index (κ2) is 4.88. The molecule has 2 rings (SSSR count). The summed E-state index contributed by atoms with van der Waals surface area (Å²) in [4.78, 5) is 4.38. The fourth-order valence-electron chi connectivity index (χ4n) is 1.71. The van der Waals surface area contributed by atoms with Gasteiger partial charge in [0.05, 0.1) is 4.47 Å². The molecule has 88 valence electrons. The molecular formula is C14H15BrN2. The lowest BCUT2D eigenvalue weighted by molar-refractivity contribution is 1.23. The van der Waals surface area contributed by atoms with Crippen LogP contribution in [0.15, 0.2) is 34.9 Å². The van der Waals surface area contributed by atoms with Crippen molar-refractivity contribution in [3.8, 4) is 0 Å². The molecule has 3 heteroatoms. The number of nitrogens with zero attached hydrogens (tertiary/aromatic N) is 1. The van der Waals surface area contributed by atoms with Gasteiger partial charge in [0.2, 0.25) is 0 Å². The molecule has 2 nitrogen and oxygen atoms in total. The van der Waals surface area contributed by atoms with Crippen LogP contribution >= 0.6 is 15.9 Å². The monoisotopic (exact) mass is 290 g/mol. The predicted molar refractivity (Wildman–Crippen MR) is 75.9 cm³/mol. The van der Waals surface area contributed by atoms with E-state index in [1.54, 1.807) is 0 Å². The van der Waals surface area contributed by atoms with Crippen LogP contribution in [0.2, 0.25) is 0 Å². The van der Waals surface area contributed by atoms with Crippen LogP contribution < -0.4 is 5.32 Å². The van der Waals surface area contributed by atoms with Crippen molar-refractivity contribution in [3.05, 3.63) is 51.6 Å². The first kappa shape index (κ1) is 12.1. The smallest absolute Gasteiger partial charge is 0.144 e. The molecule has 0 aliphatic carbocycles. The molecule has 1 aromatic heterocycles. The third-order valence-electron chi connectivity index (χ3n) is 2.61. The molecule has 0 spiro atoms. The Kier molecular flexibility index (Phi) is 3.48. The highest BCUT2D eigenvalue weighted by molar-refractivity contribution is 9.10. The van der Waals surface area contributed by atoms with Gasteiger partial charge in [-0.25, -0.2) is 4.98 Å². The molecule has 1 N–H and O–H groups in total. The van der Waals surface area contributed by atoms with Gasteiger partial charge in [0.1, 0.15) is 5.82 Å². The van der Waals surface area contributed by atoms with Crippen LogP contribution in [0.25, 0.3) is 0 Å². The lowest BCUT2D eigenvalue weighted by Crippen LogP contribution is -1.97. The molecule has 0 unspecified atom stereocenters. The van der Waals surface area contributed by atoms with Crippen LogP contribution in [0.4, 0.5) is 11.5 Å². The number of aryl methyl sites for hydroxylation is 3. The van der Waals surface area contributed by atoms with Gasteiger partial charge in [-0.2, -0.15) is 0 Å². The van der Waals surface area contributed by atoms with E-state index in [0.29, 0.717) is 0 Å². The minimum absolute atomic E-state index is 0.850. The Hall–Kier alpha value is -1.35. The summed E-state index contributed by atoms with van der Waals surface area (Å²) in [6.07, 6.45) is 1.86. The van der Waals surface area contributed by atoms with Crippen LogP contribution in [0.1, 0.15) is 16.7 Å².